The van der Waals surface area contributed by atoms with Gasteiger partial charge in [0.25, 0.3) is 0 Å². The van der Waals surface area contributed by atoms with E-state index >= 15 is 0 Å². The van der Waals surface area contributed by atoms with Crippen LogP contribution in [0.2, 0.25) is 0 Å². The minimum Gasteiger partial charge on any atom is -0.463 e. The monoisotopic (exact) mass is 361 g/mol. The van der Waals surface area contributed by atoms with Crippen LogP contribution in [-0.2, 0) is 20.9 Å². The third kappa shape index (κ3) is 3.77. The predicted octanol–water partition coefficient (Wildman–Crippen LogP) is 4.22. The number of carbonyl (C=O) groups excluding carboxylic acids is 1. The van der Waals surface area contributed by atoms with Gasteiger partial charge in [0.15, 0.2) is 12.1 Å². The maximum atomic E-state index is 12.7. The lowest BCUT2D eigenvalue weighted by Gasteiger charge is -2.15. The third-order valence-corrected chi connectivity index (χ3v) is 4.31. The second kappa shape index (κ2) is 7.50. The van der Waals surface area contributed by atoms with Gasteiger partial charge in [0.05, 0.1) is 0 Å². The largest absolute Gasteiger partial charge is 0.463 e. The molecule has 0 saturated carbocycles. The molecule has 0 amide bonds. The van der Waals surface area contributed by atoms with E-state index in [1.165, 1.54) is 0 Å². The first-order valence-corrected chi connectivity index (χ1v) is 8.77. The van der Waals surface area contributed by atoms with Gasteiger partial charge in [-0.05, 0) is 36.8 Å². The van der Waals surface area contributed by atoms with Gasteiger partial charge in [0.2, 0.25) is 5.90 Å². The maximum Gasteiger partial charge on any atom is 0.335 e. The van der Waals surface area contributed by atoms with Gasteiger partial charge in [-0.3, -0.25) is 0 Å². The Bertz CT molecular complexity index is 947. The van der Waals surface area contributed by atoms with Crippen molar-refractivity contribution in [1.82, 2.24) is 0 Å². The molecule has 4 rings (SSSR count). The Morgan fingerprint density at radius 2 is 1.70 bits per heavy atom. The van der Waals surface area contributed by atoms with Crippen molar-refractivity contribution in [3.63, 3.8) is 0 Å². The first-order chi connectivity index (χ1) is 13.2. The smallest absolute Gasteiger partial charge is 0.335 e. The van der Waals surface area contributed by atoms with Crippen molar-refractivity contribution >= 4 is 11.9 Å². The van der Waals surface area contributed by atoms with Crippen LogP contribution in [0.25, 0.3) is 0 Å². The van der Waals surface area contributed by atoms with Crippen molar-refractivity contribution < 1.29 is 18.7 Å². The number of carbonyl (C=O) groups is 1. The lowest BCUT2D eigenvalue weighted by Crippen LogP contribution is -2.26. The summed E-state index contributed by atoms with van der Waals surface area (Å²) in [5.41, 5.74) is 1.73. The molecule has 1 aromatic heterocycles. The summed E-state index contributed by atoms with van der Waals surface area (Å²) in [4.78, 5) is 17.2. The Labute approximate surface area is 157 Å². The topological polar surface area (TPSA) is 61.0 Å². The molecule has 0 fully saturated rings. The summed E-state index contributed by atoms with van der Waals surface area (Å²) in [6.07, 6.45) is -0.642. The molecule has 0 bridgehead atoms. The summed E-state index contributed by atoms with van der Waals surface area (Å²) in [5, 5.41) is 0. The quantitative estimate of drug-likeness (QED) is 0.639. The Balaban J connectivity index is 1.57. The molecule has 2 atom stereocenters. The Kier molecular flexibility index (Phi) is 4.75. The minimum absolute atomic E-state index is 0.191. The van der Waals surface area contributed by atoms with Gasteiger partial charge >= 0.3 is 5.97 Å². The second-order valence-corrected chi connectivity index (χ2v) is 6.33. The fraction of sp³-hybridized carbons (Fsp3) is 0.182. The molecule has 0 N–H and O–H groups in total. The number of esters is 1. The molecule has 1 aliphatic rings. The number of rotatable bonds is 5. The van der Waals surface area contributed by atoms with Crippen LogP contribution in [0, 0.1) is 6.92 Å². The predicted molar refractivity (Wildman–Crippen MR) is 100 cm³/mol. The van der Waals surface area contributed by atoms with Crippen LogP contribution in [0.1, 0.15) is 28.8 Å². The van der Waals surface area contributed by atoms with Gasteiger partial charge in [0, 0.05) is 5.56 Å². The first-order valence-electron chi connectivity index (χ1n) is 8.77. The zero-order chi connectivity index (χ0) is 18.6. The lowest BCUT2D eigenvalue weighted by molar-refractivity contribution is -0.148. The number of aliphatic imine (C=N–C) groups is 1. The fourth-order valence-corrected chi connectivity index (χ4v) is 2.94. The van der Waals surface area contributed by atoms with Crippen molar-refractivity contribution in [3.05, 3.63) is 95.4 Å². The summed E-state index contributed by atoms with van der Waals surface area (Å²) in [5.74, 6) is 1.28. The van der Waals surface area contributed by atoms with Gasteiger partial charge in [-0.15, -0.1) is 0 Å². The van der Waals surface area contributed by atoms with E-state index in [0.717, 1.165) is 16.9 Å². The molecular formula is C22H19NO4. The third-order valence-electron chi connectivity index (χ3n) is 4.31. The SMILES string of the molecule is Cc1ccc(C2OC(c3ccccc3)=NC2C(=O)OCc2ccccc2)o1. The molecule has 0 saturated heterocycles. The highest BCUT2D eigenvalue weighted by Gasteiger charge is 2.41. The molecule has 1 aliphatic heterocycles. The highest BCUT2D eigenvalue weighted by Crippen LogP contribution is 2.33. The molecule has 5 heteroatoms. The molecule has 5 nitrogen and oxygen atoms in total. The molecule has 136 valence electrons. The number of ether oxygens (including phenoxy) is 2. The van der Waals surface area contributed by atoms with E-state index in [-0.39, 0.29) is 6.61 Å². The van der Waals surface area contributed by atoms with Crippen LogP contribution in [-0.4, -0.2) is 17.9 Å². The van der Waals surface area contributed by atoms with E-state index in [2.05, 4.69) is 4.99 Å². The number of hydrogen-bond donors (Lipinski definition) is 0. The van der Waals surface area contributed by atoms with Crippen molar-refractivity contribution in [1.29, 1.82) is 0 Å². The van der Waals surface area contributed by atoms with Gasteiger partial charge in [-0.2, -0.15) is 0 Å². The molecule has 0 spiro atoms. The number of aryl methyl sites for hydroxylation is 1. The molecule has 2 heterocycles. The average Bonchev–Trinajstić information content (AvgIpc) is 3.34. The van der Waals surface area contributed by atoms with Gasteiger partial charge in [-0.1, -0.05) is 48.5 Å². The molecule has 0 aliphatic carbocycles. The molecular weight excluding hydrogens is 342 g/mol. The Morgan fingerprint density at radius 1 is 1.00 bits per heavy atom. The summed E-state index contributed by atoms with van der Waals surface area (Å²) < 4.78 is 17.2. The highest BCUT2D eigenvalue weighted by molar-refractivity contribution is 5.98. The van der Waals surface area contributed by atoms with E-state index in [1.54, 1.807) is 6.07 Å². The van der Waals surface area contributed by atoms with Crippen molar-refractivity contribution in [2.45, 2.75) is 25.7 Å². The van der Waals surface area contributed by atoms with Crippen LogP contribution in [0.5, 0.6) is 0 Å². The number of benzene rings is 2. The van der Waals surface area contributed by atoms with E-state index in [0.29, 0.717) is 11.7 Å². The van der Waals surface area contributed by atoms with Crippen molar-refractivity contribution in [2.75, 3.05) is 0 Å². The van der Waals surface area contributed by atoms with E-state index in [1.807, 2.05) is 73.7 Å². The summed E-state index contributed by atoms with van der Waals surface area (Å²) >= 11 is 0. The molecule has 3 aromatic rings. The average molecular weight is 361 g/mol. The summed E-state index contributed by atoms with van der Waals surface area (Å²) in [7, 11) is 0. The molecule has 0 radical (unpaired) electrons. The van der Waals surface area contributed by atoms with E-state index in [4.69, 9.17) is 13.9 Å². The van der Waals surface area contributed by atoms with E-state index in [9.17, 15) is 4.79 Å². The number of nitrogens with zero attached hydrogens (tertiary/aromatic N) is 1. The van der Waals surface area contributed by atoms with Crippen molar-refractivity contribution in [2.24, 2.45) is 4.99 Å². The van der Waals surface area contributed by atoms with Gasteiger partial charge < -0.3 is 13.9 Å². The van der Waals surface area contributed by atoms with E-state index < -0.39 is 18.1 Å². The van der Waals surface area contributed by atoms with Gasteiger partial charge in [-0.25, -0.2) is 9.79 Å². The Hall–Kier alpha value is -3.34. The molecule has 2 aromatic carbocycles. The van der Waals surface area contributed by atoms with Crippen LogP contribution >= 0.6 is 0 Å². The number of hydrogen-bond acceptors (Lipinski definition) is 5. The summed E-state index contributed by atoms with van der Waals surface area (Å²) in [6, 6.07) is 21.9. The van der Waals surface area contributed by atoms with Crippen LogP contribution < -0.4 is 0 Å². The summed E-state index contributed by atoms with van der Waals surface area (Å²) in [6.45, 7) is 2.04. The molecule has 2 unspecified atom stereocenters. The van der Waals surface area contributed by atoms with Gasteiger partial charge in [0.1, 0.15) is 18.1 Å². The minimum atomic E-state index is -0.811. The second-order valence-electron chi connectivity index (χ2n) is 6.33. The van der Waals surface area contributed by atoms with Crippen LogP contribution in [0.3, 0.4) is 0 Å². The molecule has 27 heavy (non-hydrogen) atoms. The Morgan fingerprint density at radius 3 is 2.37 bits per heavy atom. The number of furan rings is 1. The zero-order valence-corrected chi connectivity index (χ0v) is 14.9. The highest BCUT2D eigenvalue weighted by atomic mass is 16.6. The fourth-order valence-electron chi connectivity index (χ4n) is 2.94. The van der Waals surface area contributed by atoms with Crippen LogP contribution in [0.15, 0.2) is 82.2 Å². The zero-order valence-electron chi connectivity index (χ0n) is 14.9. The van der Waals surface area contributed by atoms with Crippen LogP contribution in [0.4, 0.5) is 0 Å². The normalized spacial score (nSPS) is 18.6. The lowest BCUT2D eigenvalue weighted by atomic mass is 10.1. The maximum absolute atomic E-state index is 12.7. The first kappa shape index (κ1) is 17.1. The van der Waals surface area contributed by atoms with Crippen molar-refractivity contribution in [3.8, 4) is 0 Å². The standard InChI is InChI=1S/C22H19NO4/c1-15-12-13-18(26-15)20-19(22(24)25-14-16-8-4-2-5-9-16)23-21(27-20)17-10-6-3-7-11-17/h2-13,19-20H,14H2,1H3.